The number of amides is 1. The van der Waals surface area contributed by atoms with Gasteiger partial charge in [0.15, 0.2) is 6.10 Å². The van der Waals surface area contributed by atoms with E-state index in [1.165, 1.54) is 77.0 Å². The van der Waals surface area contributed by atoms with E-state index in [1.807, 2.05) is 30.3 Å². The Kier molecular flexibility index (Phi) is 46.1. The first-order valence-electron chi connectivity index (χ1n) is 28.6. The molecule has 69 heavy (non-hydrogen) atoms. The van der Waals surface area contributed by atoms with Crippen LogP contribution in [-0.4, -0.2) is 37.1 Å². The molecule has 0 aliphatic rings. The Morgan fingerprint density at radius 2 is 0.768 bits per heavy atom. The predicted octanol–water partition coefficient (Wildman–Crippen LogP) is 18.9. The first kappa shape index (κ1) is 63.1. The minimum absolute atomic E-state index is 0.00175. The van der Waals surface area contributed by atoms with Gasteiger partial charge in [-0.3, -0.25) is 14.4 Å². The normalized spacial score (nSPS) is 12.5. The van der Waals surface area contributed by atoms with Crippen LogP contribution in [0.1, 0.15) is 252 Å². The fourth-order valence-corrected chi connectivity index (χ4v) is 8.17. The van der Waals surface area contributed by atoms with Crippen LogP contribution in [0.25, 0.3) is 0 Å². The number of hydrogen-bond acceptors (Lipinski definition) is 5. The number of esters is 2. The van der Waals surface area contributed by atoms with Gasteiger partial charge in [0, 0.05) is 24.9 Å². The van der Waals surface area contributed by atoms with Crippen molar-refractivity contribution in [2.75, 3.05) is 18.1 Å². The molecular weight excluding hydrogens is 851 g/mol. The molecule has 0 radical (unpaired) electrons. The van der Waals surface area contributed by atoms with Crippen molar-refractivity contribution >= 4 is 23.5 Å². The second-order valence-corrected chi connectivity index (χ2v) is 19.1. The molecule has 0 heterocycles. The van der Waals surface area contributed by atoms with Crippen molar-refractivity contribution in [3.8, 4) is 0 Å². The minimum Gasteiger partial charge on any atom is -0.462 e. The van der Waals surface area contributed by atoms with Gasteiger partial charge in [0.1, 0.15) is 6.61 Å². The standard InChI is InChI=1S/C63H103NO5/c1-4-7-10-13-16-19-22-25-28-31-34-37-40-43-49-54-61(65)64(59-52-47-46-48-53-59)57-60(69-63(67)56-51-45-42-39-36-33-30-27-24-21-18-15-12-9-6-3)58-68-62(66)55-50-44-41-38-35-32-29-26-23-20-17-14-11-8-5-2/h16-21,25-30,46-48,52-53,60H,4-15,22-24,31-45,49-51,54-58H2,1-3H3/t60-/m0/s1. The smallest absolute Gasteiger partial charge is 0.306 e. The minimum atomic E-state index is -0.752. The summed E-state index contributed by atoms with van der Waals surface area (Å²) >= 11 is 0. The van der Waals surface area contributed by atoms with Crippen molar-refractivity contribution in [2.45, 2.75) is 258 Å². The van der Waals surface area contributed by atoms with Crippen molar-refractivity contribution in [1.82, 2.24) is 0 Å². The van der Waals surface area contributed by atoms with E-state index in [-0.39, 0.29) is 31.0 Å². The van der Waals surface area contributed by atoms with Crippen molar-refractivity contribution in [3.05, 3.63) is 103 Å². The van der Waals surface area contributed by atoms with E-state index < -0.39 is 6.10 Å². The van der Waals surface area contributed by atoms with Crippen LogP contribution in [0.2, 0.25) is 0 Å². The first-order chi connectivity index (χ1) is 34.0. The van der Waals surface area contributed by atoms with Crippen LogP contribution >= 0.6 is 0 Å². The van der Waals surface area contributed by atoms with Crippen molar-refractivity contribution in [2.24, 2.45) is 0 Å². The number of allylic oxidation sites excluding steroid dienone is 12. The Balaban J connectivity index is 2.64. The molecule has 1 rings (SSSR count). The topological polar surface area (TPSA) is 72.9 Å². The zero-order valence-electron chi connectivity index (χ0n) is 44.8. The zero-order valence-corrected chi connectivity index (χ0v) is 44.8. The highest BCUT2D eigenvalue weighted by Gasteiger charge is 2.25. The van der Waals surface area contributed by atoms with Gasteiger partial charge in [-0.25, -0.2) is 0 Å². The highest BCUT2D eigenvalue weighted by Crippen LogP contribution is 2.20. The van der Waals surface area contributed by atoms with E-state index in [9.17, 15) is 14.4 Å². The monoisotopic (exact) mass is 954 g/mol. The van der Waals surface area contributed by atoms with Gasteiger partial charge in [-0.05, 0) is 128 Å². The van der Waals surface area contributed by atoms with E-state index in [4.69, 9.17) is 9.47 Å². The second-order valence-electron chi connectivity index (χ2n) is 19.1. The zero-order chi connectivity index (χ0) is 49.8. The molecular formula is C63H103NO5. The highest BCUT2D eigenvalue weighted by atomic mass is 16.6. The highest BCUT2D eigenvalue weighted by molar-refractivity contribution is 5.93. The molecule has 0 aliphatic carbocycles. The molecule has 390 valence electrons. The Morgan fingerprint density at radius 3 is 1.17 bits per heavy atom. The summed E-state index contributed by atoms with van der Waals surface area (Å²) in [5.41, 5.74) is 0.760. The quantitative estimate of drug-likeness (QED) is 0.0370. The number of carbonyl (C=O) groups excluding carboxylic acids is 3. The SMILES string of the molecule is CCCCCC=CCC=CCCCCCCCC(=O)OC[C@H](CN(C(=O)CCCCCCCC=CCC=CCCCCC)c1ccccc1)OC(=O)CCCCCCCC=CCC=CCCCCC. The second kappa shape index (κ2) is 50.5. The molecule has 6 heteroatoms. The van der Waals surface area contributed by atoms with E-state index >= 15 is 0 Å². The lowest BCUT2D eigenvalue weighted by Crippen LogP contribution is -2.41. The maximum absolute atomic E-state index is 13.9. The van der Waals surface area contributed by atoms with Crippen molar-refractivity contribution < 1.29 is 23.9 Å². The van der Waals surface area contributed by atoms with Gasteiger partial charge < -0.3 is 14.4 Å². The Bertz CT molecular complexity index is 1510. The summed E-state index contributed by atoms with van der Waals surface area (Å²) in [6, 6.07) is 9.62. The van der Waals surface area contributed by atoms with Gasteiger partial charge in [-0.15, -0.1) is 0 Å². The van der Waals surface area contributed by atoms with E-state index in [2.05, 4.69) is 93.7 Å². The third kappa shape index (κ3) is 42.7. The molecule has 0 aromatic heterocycles. The van der Waals surface area contributed by atoms with Gasteiger partial charge in [-0.1, -0.05) is 208 Å². The van der Waals surface area contributed by atoms with Crippen LogP contribution in [0.4, 0.5) is 5.69 Å². The summed E-state index contributed by atoms with van der Waals surface area (Å²) < 4.78 is 11.8. The number of nitrogens with zero attached hydrogens (tertiary/aromatic N) is 1. The molecule has 0 bridgehead atoms. The molecule has 1 aromatic rings. The Morgan fingerprint density at radius 1 is 0.420 bits per heavy atom. The summed E-state index contributed by atoms with van der Waals surface area (Å²) in [6.07, 6.45) is 64.7. The van der Waals surface area contributed by atoms with Crippen LogP contribution in [0.15, 0.2) is 103 Å². The lowest BCUT2D eigenvalue weighted by atomic mass is 10.1. The van der Waals surface area contributed by atoms with Gasteiger partial charge in [0.2, 0.25) is 5.91 Å². The van der Waals surface area contributed by atoms with E-state index in [0.29, 0.717) is 19.3 Å². The molecule has 0 unspecified atom stereocenters. The van der Waals surface area contributed by atoms with Crippen LogP contribution < -0.4 is 4.90 Å². The van der Waals surface area contributed by atoms with Crippen LogP contribution in [0, 0.1) is 0 Å². The van der Waals surface area contributed by atoms with Gasteiger partial charge in [0.25, 0.3) is 0 Å². The number of carbonyl (C=O) groups is 3. The molecule has 1 atom stereocenters. The fraction of sp³-hybridized carbons (Fsp3) is 0.667. The van der Waals surface area contributed by atoms with Gasteiger partial charge >= 0.3 is 11.9 Å². The lowest BCUT2D eigenvalue weighted by Gasteiger charge is -2.28. The predicted molar refractivity (Wildman–Crippen MR) is 298 cm³/mol. The summed E-state index contributed by atoms with van der Waals surface area (Å²) in [7, 11) is 0. The molecule has 1 aromatic carbocycles. The summed E-state index contributed by atoms with van der Waals surface area (Å²) in [5.74, 6) is -0.582. The van der Waals surface area contributed by atoms with E-state index in [1.54, 1.807) is 4.90 Å². The molecule has 0 fully saturated rings. The molecule has 0 N–H and O–H groups in total. The van der Waals surface area contributed by atoms with Crippen LogP contribution in [-0.2, 0) is 23.9 Å². The van der Waals surface area contributed by atoms with Crippen LogP contribution in [0.3, 0.4) is 0 Å². The first-order valence-corrected chi connectivity index (χ1v) is 28.6. The molecule has 6 nitrogen and oxygen atoms in total. The number of rotatable bonds is 48. The Labute approximate surface area is 425 Å². The summed E-state index contributed by atoms with van der Waals surface area (Å²) in [5, 5.41) is 0. The number of hydrogen-bond donors (Lipinski definition) is 0. The number of benzene rings is 1. The lowest BCUT2D eigenvalue weighted by molar-refractivity contribution is -0.158. The molecule has 0 spiro atoms. The van der Waals surface area contributed by atoms with Crippen LogP contribution in [0.5, 0.6) is 0 Å². The average Bonchev–Trinajstić information content (AvgIpc) is 3.36. The largest absolute Gasteiger partial charge is 0.462 e. The number of unbranched alkanes of at least 4 members (excludes halogenated alkanes) is 24. The number of anilines is 1. The van der Waals surface area contributed by atoms with Gasteiger partial charge in [0.05, 0.1) is 6.54 Å². The molecule has 0 saturated heterocycles. The summed E-state index contributed by atoms with van der Waals surface area (Å²) in [6.45, 7) is 6.81. The maximum Gasteiger partial charge on any atom is 0.306 e. The molecule has 0 aliphatic heterocycles. The third-order valence-corrected chi connectivity index (χ3v) is 12.5. The maximum atomic E-state index is 13.9. The van der Waals surface area contributed by atoms with Crippen molar-refractivity contribution in [3.63, 3.8) is 0 Å². The van der Waals surface area contributed by atoms with Gasteiger partial charge in [-0.2, -0.15) is 0 Å². The Hall–Kier alpha value is -3.93. The summed E-state index contributed by atoms with van der Waals surface area (Å²) in [4.78, 5) is 41.9. The molecule has 1 amide bonds. The number of para-hydroxylation sites is 1. The van der Waals surface area contributed by atoms with E-state index in [0.717, 1.165) is 141 Å². The average molecular weight is 955 g/mol. The van der Waals surface area contributed by atoms with Crippen molar-refractivity contribution in [1.29, 1.82) is 0 Å². The third-order valence-electron chi connectivity index (χ3n) is 12.5. The number of ether oxygens (including phenoxy) is 2. The molecule has 0 saturated carbocycles. The fourth-order valence-electron chi connectivity index (χ4n) is 8.17.